The van der Waals surface area contributed by atoms with Gasteiger partial charge in [0, 0.05) is 11.4 Å². The summed E-state index contributed by atoms with van der Waals surface area (Å²) in [6.45, 7) is 0. The molecule has 0 spiro atoms. The molecule has 1 heterocycles. The van der Waals surface area contributed by atoms with Crippen LogP contribution in [0.15, 0.2) is 0 Å². The Labute approximate surface area is 98.4 Å². The van der Waals surface area contributed by atoms with Crippen LogP contribution >= 0.6 is 11.6 Å². The number of nitrogens with zero attached hydrogens (tertiary/aromatic N) is 3. The van der Waals surface area contributed by atoms with E-state index in [1.54, 1.807) is 0 Å². The van der Waals surface area contributed by atoms with Gasteiger partial charge in [-0.1, -0.05) is 0 Å². The average molecular weight is 245 g/mol. The maximum atomic E-state index is 5.88. The van der Waals surface area contributed by atoms with Crippen LogP contribution in [-0.4, -0.2) is 40.6 Å². The number of halogens is 1. The molecule has 0 atom stereocenters. The van der Waals surface area contributed by atoms with E-state index in [2.05, 4.69) is 20.3 Å². The fourth-order valence-corrected chi connectivity index (χ4v) is 1.86. The van der Waals surface area contributed by atoms with E-state index in [4.69, 9.17) is 21.1 Å². The number of alkyl halides is 1. The summed E-state index contributed by atoms with van der Waals surface area (Å²) in [5.74, 6) is 0.456. The number of aromatic nitrogens is 3. The smallest absolute Gasteiger partial charge is 0.324 e. The van der Waals surface area contributed by atoms with Crippen molar-refractivity contribution in [2.24, 2.45) is 0 Å². The molecule has 1 aromatic heterocycles. The van der Waals surface area contributed by atoms with Crippen molar-refractivity contribution in [1.29, 1.82) is 0 Å². The lowest BCUT2D eigenvalue weighted by Gasteiger charge is -2.31. The van der Waals surface area contributed by atoms with Gasteiger partial charge in [-0.25, -0.2) is 0 Å². The number of hydrogen-bond donors (Lipinski definition) is 1. The normalized spacial score (nSPS) is 23.4. The first-order chi connectivity index (χ1) is 7.71. The maximum absolute atomic E-state index is 5.88. The van der Waals surface area contributed by atoms with Crippen molar-refractivity contribution in [2.75, 3.05) is 19.5 Å². The van der Waals surface area contributed by atoms with E-state index in [0.717, 1.165) is 12.8 Å². The minimum absolute atomic E-state index is 0.232. The third-order valence-corrected chi connectivity index (χ3v) is 2.73. The Hall–Kier alpha value is -1.30. The summed E-state index contributed by atoms with van der Waals surface area (Å²) in [7, 11) is 2.99. The predicted molar refractivity (Wildman–Crippen MR) is 59.2 cm³/mol. The van der Waals surface area contributed by atoms with Crippen LogP contribution < -0.4 is 14.8 Å². The maximum Gasteiger partial charge on any atom is 0.324 e. The van der Waals surface area contributed by atoms with Gasteiger partial charge in [0.2, 0.25) is 5.95 Å². The molecule has 0 saturated heterocycles. The molecule has 1 N–H and O–H groups in total. The molecule has 88 valence electrons. The summed E-state index contributed by atoms with van der Waals surface area (Å²) in [5.41, 5.74) is 0. The number of rotatable bonds is 4. The van der Waals surface area contributed by atoms with E-state index in [9.17, 15) is 0 Å². The molecule has 2 rings (SSSR count). The number of anilines is 1. The molecule has 1 aromatic rings. The van der Waals surface area contributed by atoms with Gasteiger partial charge in [0.15, 0.2) is 0 Å². The van der Waals surface area contributed by atoms with Gasteiger partial charge in [-0.15, -0.1) is 16.6 Å². The number of ether oxygens (including phenoxy) is 2. The highest BCUT2D eigenvalue weighted by Crippen LogP contribution is 2.28. The summed E-state index contributed by atoms with van der Waals surface area (Å²) < 4.78 is 9.89. The molecule has 1 aliphatic rings. The first kappa shape index (κ1) is 11.2. The molecule has 6 nitrogen and oxygen atoms in total. The average Bonchev–Trinajstić information content (AvgIpc) is 2.26. The molecule has 0 aliphatic heterocycles. The third-order valence-electron chi connectivity index (χ3n) is 2.37. The standard InChI is InChI=1S/C9H13ClN4O2/c1-15-8-12-7(13-9(14-8)16-2)11-6-3-5(10)4-6/h5-6H,3-4H2,1-2H3,(H,11,12,13,14). The second-order valence-electron chi connectivity index (χ2n) is 3.54. The van der Waals surface area contributed by atoms with Crippen molar-refractivity contribution in [2.45, 2.75) is 24.3 Å². The molecule has 0 unspecified atom stereocenters. The molecule has 1 aliphatic carbocycles. The van der Waals surface area contributed by atoms with Crippen LogP contribution in [0.3, 0.4) is 0 Å². The molecular weight excluding hydrogens is 232 g/mol. The Morgan fingerprint density at radius 3 is 2.12 bits per heavy atom. The van der Waals surface area contributed by atoms with Crippen LogP contribution in [0.1, 0.15) is 12.8 Å². The lowest BCUT2D eigenvalue weighted by molar-refractivity contribution is 0.340. The molecule has 1 saturated carbocycles. The monoisotopic (exact) mass is 244 g/mol. The van der Waals surface area contributed by atoms with Crippen molar-refractivity contribution in [3.05, 3.63) is 0 Å². The molecule has 7 heteroatoms. The largest absolute Gasteiger partial charge is 0.467 e. The first-order valence-corrected chi connectivity index (χ1v) is 5.39. The predicted octanol–water partition coefficient (Wildman–Crippen LogP) is 1.07. The third kappa shape index (κ3) is 2.44. The lowest BCUT2D eigenvalue weighted by atomic mass is 9.93. The quantitative estimate of drug-likeness (QED) is 0.799. The van der Waals surface area contributed by atoms with Gasteiger partial charge in [0.1, 0.15) is 0 Å². The lowest BCUT2D eigenvalue weighted by Crippen LogP contribution is -2.36. The van der Waals surface area contributed by atoms with Crippen molar-refractivity contribution in [1.82, 2.24) is 15.0 Å². The number of methoxy groups -OCH3 is 2. The van der Waals surface area contributed by atoms with E-state index >= 15 is 0 Å². The summed E-state index contributed by atoms with van der Waals surface area (Å²) in [6.07, 6.45) is 1.83. The summed E-state index contributed by atoms with van der Waals surface area (Å²) in [6, 6.07) is 0.784. The van der Waals surface area contributed by atoms with Gasteiger partial charge in [0.25, 0.3) is 0 Å². The zero-order valence-corrected chi connectivity index (χ0v) is 9.86. The molecule has 16 heavy (non-hydrogen) atoms. The minimum atomic E-state index is 0.232. The number of nitrogens with one attached hydrogen (secondary N) is 1. The fraction of sp³-hybridized carbons (Fsp3) is 0.667. The summed E-state index contributed by atoms with van der Waals surface area (Å²) in [4.78, 5) is 12.0. The van der Waals surface area contributed by atoms with Crippen LogP contribution in [0.4, 0.5) is 5.95 Å². The SMILES string of the molecule is COc1nc(NC2CC(Cl)C2)nc(OC)n1. The van der Waals surface area contributed by atoms with Crippen LogP contribution in [-0.2, 0) is 0 Å². The Balaban J connectivity index is 2.07. The Bertz CT molecular complexity index is 348. The Kier molecular flexibility index (Phi) is 3.28. The summed E-state index contributed by atoms with van der Waals surface area (Å²) in [5, 5.41) is 3.40. The van der Waals surface area contributed by atoms with Crippen molar-refractivity contribution in [3.63, 3.8) is 0 Å². The Morgan fingerprint density at radius 1 is 1.12 bits per heavy atom. The van der Waals surface area contributed by atoms with Crippen molar-refractivity contribution >= 4 is 17.5 Å². The Morgan fingerprint density at radius 2 is 1.69 bits per heavy atom. The van der Waals surface area contributed by atoms with E-state index in [1.165, 1.54) is 14.2 Å². The van der Waals surface area contributed by atoms with Crippen LogP contribution in [0.5, 0.6) is 12.0 Å². The molecule has 1 fully saturated rings. The van der Waals surface area contributed by atoms with Gasteiger partial charge in [-0.05, 0) is 12.8 Å². The van der Waals surface area contributed by atoms with E-state index in [-0.39, 0.29) is 17.4 Å². The second-order valence-corrected chi connectivity index (χ2v) is 4.16. The summed E-state index contributed by atoms with van der Waals surface area (Å²) >= 11 is 5.88. The molecule has 0 radical (unpaired) electrons. The zero-order chi connectivity index (χ0) is 11.5. The van der Waals surface area contributed by atoms with E-state index in [0.29, 0.717) is 12.0 Å². The van der Waals surface area contributed by atoms with Gasteiger partial charge in [0.05, 0.1) is 14.2 Å². The highest BCUT2D eigenvalue weighted by atomic mass is 35.5. The van der Waals surface area contributed by atoms with Gasteiger partial charge < -0.3 is 14.8 Å². The highest BCUT2D eigenvalue weighted by molar-refractivity contribution is 6.21. The molecular formula is C9H13ClN4O2. The highest BCUT2D eigenvalue weighted by Gasteiger charge is 2.28. The van der Waals surface area contributed by atoms with Gasteiger partial charge in [-0.2, -0.15) is 9.97 Å². The fourth-order valence-electron chi connectivity index (χ4n) is 1.43. The van der Waals surface area contributed by atoms with Crippen molar-refractivity contribution < 1.29 is 9.47 Å². The topological polar surface area (TPSA) is 69.2 Å². The number of hydrogen-bond acceptors (Lipinski definition) is 6. The van der Waals surface area contributed by atoms with Crippen molar-refractivity contribution in [3.8, 4) is 12.0 Å². The van der Waals surface area contributed by atoms with E-state index in [1.807, 2.05) is 0 Å². The van der Waals surface area contributed by atoms with Gasteiger partial charge >= 0.3 is 12.0 Å². The second kappa shape index (κ2) is 4.69. The molecule has 0 amide bonds. The first-order valence-electron chi connectivity index (χ1n) is 4.96. The van der Waals surface area contributed by atoms with Crippen LogP contribution in [0.25, 0.3) is 0 Å². The molecule has 0 bridgehead atoms. The minimum Gasteiger partial charge on any atom is -0.467 e. The van der Waals surface area contributed by atoms with Crippen LogP contribution in [0.2, 0.25) is 0 Å². The van der Waals surface area contributed by atoms with Crippen LogP contribution in [0, 0.1) is 0 Å². The zero-order valence-electron chi connectivity index (χ0n) is 9.11. The molecule has 0 aromatic carbocycles. The van der Waals surface area contributed by atoms with E-state index < -0.39 is 0 Å². The van der Waals surface area contributed by atoms with Gasteiger partial charge in [-0.3, -0.25) is 0 Å².